The Labute approximate surface area is 246 Å². The minimum atomic E-state index is -4.88. The molecule has 2 aromatic heterocycles. The molecule has 0 aliphatic heterocycles. The molecular formula is C31H22F3N3O5S. The molecule has 0 spiro atoms. The van der Waals surface area contributed by atoms with Crippen molar-refractivity contribution in [1.82, 2.24) is 13.5 Å². The number of carbonyl (C=O) groups is 1. The molecule has 8 nitrogen and oxygen atoms in total. The largest absolute Gasteiger partial charge is 0.478 e. The van der Waals surface area contributed by atoms with Crippen LogP contribution < -0.4 is 16.0 Å². The number of carboxylic acid groups (broad SMARTS) is 1. The molecule has 0 fully saturated rings. The molecule has 0 aliphatic rings. The van der Waals surface area contributed by atoms with Gasteiger partial charge in [-0.3, -0.25) is 9.36 Å². The first-order chi connectivity index (χ1) is 20.4. The van der Waals surface area contributed by atoms with Crippen LogP contribution in [0.3, 0.4) is 0 Å². The van der Waals surface area contributed by atoms with Crippen molar-refractivity contribution >= 4 is 27.6 Å². The lowest BCUT2D eigenvalue weighted by Crippen LogP contribution is -2.40. The molecule has 3 aromatic carbocycles. The highest BCUT2D eigenvalue weighted by Crippen LogP contribution is 2.36. The van der Waals surface area contributed by atoms with Crippen molar-refractivity contribution in [2.24, 2.45) is 7.05 Å². The second-order valence-electron chi connectivity index (χ2n) is 9.55. The van der Waals surface area contributed by atoms with Crippen molar-refractivity contribution in [3.63, 3.8) is 0 Å². The van der Waals surface area contributed by atoms with Gasteiger partial charge in [0.1, 0.15) is 11.4 Å². The zero-order valence-corrected chi connectivity index (χ0v) is 23.5. The van der Waals surface area contributed by atoms with Crippen LogP contribution in [-0.4, -0.2) is 30.7 Å². The molecule has 12 heteroatoms. The minimum absolute atomic E-state index is 0.0676. The molecule has 5 aromatic rings. The number of halogens is 3. The normalized spacial score (nSPS) is 12.0. The van der Waals surface area contributed by atoms with Gasteiger partial charge in [0.15, 0.2) is 0 Å². The van der Waals surface area contributed by atoms with E-state index in [4.69, 9.17) is 4.74 Å². The number of carboxylic acids is 1. The van der Waals surface area contributed by atoms with E-state index in [9.17, 15) is 32.7 Å². The molecule has 0 saturated heterocycles. The molecular weight excluding hydrogens is 583 g/mol. The summed E-state index contributed by atoms with van der Waals surface area (Å²) in [5.74, 6) is 4.47. The van der Waals surface area contributed by atoms with Crippen molar-refractivity contribution < 1.29 is 27.8 Å². The lowest BCUT2D eigenvalue weighted by atomic mass is 10.0. The molecule has 0 bridgehead atoms. The van der Waals surface area contributed by atoms with E-state index in [-0.39, 0.29) is 11.4 Å². The number of fused-ring (bicyclic) bond motifs is 1. The Hall–Kier alpha value is -5.15. The summed E-state index contributed by atoms with van der Waals surface area (Å²) in [6.45, 7) is 1.82. The maximum Gasteiger partial charge on any atom is 0.431 e. The maximum absolute atomic E-state index is 13.3. The second-order valence-corrected chi connectivity index (χ2v) is 10.4. The first-order valence-electron chi connectivity index (χ1n) is 12.8. The van der Waals surface area contributed by atoms with Gasteiger partial charge in [-0.2, -0.15) is 17.5 Å². The third kappa shape index (κ3) is 6.07. The molecule has 5 rings (SSSR count). The Kier molecular flexibility index (Phi) is 7.93. The summed E-state index contributed by atoms with van der Waals surface area (Å²) in [4.78, 5) is 37.4. The van der Waals surface area contributed by atoms with Crippen LogP contribution in [0.4, 0.5) is 13.2 Å². The molecule has 1 unspecified atom stereocenters. The van der Waals surface area contributed by atoms with Crippen molar-refractivity contribution in [2.45, 2.75) is 25.6 Å². The van der Waals surface area contributed by atoms with Crippen LogP contribution in [0, 0.1) is 18.8 Å². The van der Waals surface area contributed by atoms with Gasteiger partial charge < -0.3 is 9.84 Å². The van der Waals surface area contributed by atoms with Crippen LogP contribution in [0.25, 0.3) is 27.0 Å². The molecule has 2 heterocycles. The van der Waals surface area contributed by atoms with Gasteiger partial charge in [0.05, 0.1) is 16.1 Å². The topological polar surface area (TPSA) is 103 Å². The SMILES string of the molecule is Cc1ccc(OC(C#CCc2ccccc2)C(=O)O)cc1-c1nsc2ccc(-n3c(=O)cc(C(F)(F)F)n(C)c3=O)cc12. The zero-order valence-electron chi connectivity index (χ0n) is 22.7. The molecule has 218 valence electrons. The van der Waals surface area contributed by atoms with Gasteiger partial charge in [-0.05, 0) is 65.8 Å². The van der Waals surface area contributed by atoms with Crippen LogP contribution in [-0.2, 0) is 24.4 Å². The zero-order chi connectivity index (χ0) is 30.9. The minimum Gasteiger partial charge on any atom is -0.478 e. The summed E-state index contributed by atoms with van der Waals surface area (Å²) in [6, 6.07) is 19.3. The number of benzene rings is 3. The first-order valence-corrected chi connectivity index (χ1v) is 13.5. The van der Waals surface area contributed by atoms with Crippen molar-refractivity contribution in [2.75, 3.05) is 0 Å². The highest BCUT2D eigenvalue weighted by molar-refractivity contribution is 7.13. The Balaban J connectivity index is 1.51. The lowest BCUT2D eigenvalue weighted by molar-refractivity contribution is -0.144. The van der Waals surface area contributed by atoms with E-state index in [2.05, 4.69) is 16.2 Å². The quantitative estimate of drug-likeness (QED) is 0.267. The highest BCUT2D eigenvalue weighted by Gasteiger charge is 2.35. The van der Waals surface area contributed by atoms with Crippen molar-refractivity contribution in [3.05, 3.63) is 110 Å². The maximum atomic E-state index is 13.3. The van der Waals surface area contributed by atoms with E-state index in [0.29, 0.717) is 43.0 Å². The number of hydrogen-bond acceptors (Lipinski definition) is 6. The predicted octanol–water partition coefficient (Wildman–Crippen LogP) is 5.22. The third-order valence-corrected chi connectivity index (χ3v) is 7.46. The van der Waals surface area contributed by atoms with Gasteiger partial charge in [-0.25, -0.2) is 14.2 Å². The Morgan fingerprint density at radius 3 is 2.51 bits per heavy atom. The van der Waals surface area contributed by atoms with E-state index in [1.165, 1.54) is 12.1 Å². The summed E-state index contributed by atoms with van der Waals surface area (Å²) >= 11 is 1.15. The molecule has 43 heavy (non-hydrogen) atoms. The van der Waals surface area contributed by atoms with Crippen LogP contribution >= 0.6 is 11.5 Å². The number of alkyl halides is 3. The standard InChI is InChI=1S/C31H22F3N3O5S/c1-18-11-13-21(42-24(29(39)40)10-6-9-19-7-4-3-5-8-19)16-22(18)28-23-15-20(12-14-25(23)43-35-28)37-27(38)17-26(31(32,33)34)36(2)30(37)41/h3-5,7-8,11-17,24H,9H2,1-2H3,(H,39,40). The number of aromatic nitrogens is 3. The summed E-state index contributed by atoms with van der Waals surface area (Å²) in [5, 5.41) is 10.2. The highest BCUT2D eigenvalue weighted by atomic mass is 32.1. The summed E-state index contributed by atoms with van der Waals surface area (Å²) in [6.07, 6.45) is -5.95. The van der Waals surface area contributed by atoms with Gasteiger partial charge in [0.2, 0.25) is 0 Å². The van der Waals surface area contributed by atoms with Gasteiger partial charge >= 0.3 is 17.8 Å². The van der Waals surface area contributed by atoms with Crippen molar-refractivity contribution in [1.29, 1.82) is 0 Å². The molecule has 0 saturated carbocycles. The fraction of sp³-hybridized carbons (Fsp3) is 0.161. The molecule has 0 radical (unpaired) electrons. The number of aryl methyl sites for hydroxylation is 1. The smallest absolute Gasteiger partial charge is 0.431 e. The van der Waals surface area contributed by atoms with Gasteiger partial charge in [-0.1, -0.05) is 42.3 Å². The van der Waals surface area contributed by atoms with Crippen LogP contribution in [0.5, 0.6) is 5.75 Å². The fourth-order valence-electron chi connectivity index (χ4n) is 4.44. The van der Waals surface area contributed by atoms with Crippen LogP contribution in [0.2, 0.25) is 0 Å². The number of aliphatic carboxylic acids is 1. The number of ether oxygens (including phenoxy) is 1. The van der Waals surface area contributed by atoms with Gasteiger partial charge in [-0.15, -0.1) is 0 Å². The Bertz CT molecular complexity index is 2040. The number of rotatable bonds is 6. The molecule has 1 atom stereocenters. The van der Waals surface area contributed by atoms with Crippen LogP contribution in [0.15, 0.2) is 82.4 Å². The summed E-state index contributed by atoms with van der Waals surface area (Å²) in [5.41, 5.74) is -0.800. The van der Waals surface area contributed by atoms with Crippen molar-refractivity contribution in [3.8, 4) is 34.5 Å². The molecule has 0 amide bonds. The van der Waals surface area contributed by atoms with E-state index < -0.39 is 35.2 Å². The Morgan fingerprint density at radius 2 is 1.81 bits per heavy atom. The Morgan fingerprint density at radius 1 is 1.07 bits per heavy atom. The lowest BCUT2D eigenvalue weighted by Gasteiger charge is -2.14. The average Bonchev–Trinajstić information content (AvgIpc) is 3.38. The fourth-order valence-corrected chi connectivity index (χ4v) is 5.21. The van der Waals surface area contributed by atoms with E-state index in [1.807, 2.05) is 37.3 Å². The second kappa shape index (κ2) is 11.6. The third-order valence-electron chi connectivity index (χ3n) is 6.63. The van der Waals surface area contributed by atoms with E-state index >= 15 is 0 Å². The summed E-state index contributed by atoms with van der Waals surface area (Å²) < 4.78 is 51.9. The monoisotopic (exact) mass is 605 g/mol. The predicted molar refractivity (Wildman–Crippen MR) is 156 cm³/mol. The molecule has 0 aliphatic carbocycles. The van der Waals surface area contributed by atoms with E-state index in [0.717, 1.165) is 29.7 Å². The van der Waals surface area contributed by atoms with Crippen LogP contribution in [0.1, 0.15) is 16.8 Å². The summed E-state index contributed by atoms with van der Waals surface area (Å²) in [7, 11) is 0.947. The van der Waals surface area contributed by atoms with Gasteiger partial charge in [0, 0.05) is 30.5 Å². The number of hydrogen-bond donors (Lipinski definition) is 1. The first kappa shape index (κ1) is 29.3. The van der Waals surface area contributed by atoms with E-state index in [1.54, 1.807) is 24.3 Å². The molecule has 1 N–H and O–H groups in total. The van der Waals surface area contributed by atoms with Gasteiger partial charge in [0.25, 0.3) is 11.7 Å². The number of nitrogens with zero attached hydrogens (tertiary/aromatic N) is 3. The average molecular weight is 606 g/mol.